The molecule has 0 spiro atoms. The summed E-state index contributed by atoms with van der Waals surface area (Å²) in [6.45, 7) is 1.58. The summed E-state index contributed by atoms with van der Waals surface area (Å²) in [4.78, 5) is 30.0. The molecule has 2 aliphatic rings. The lowest BCUT2D eigenvalue weighted by Crippen LogP contribution is -2.68. The average Bonchev–Trinajstić information content (AvgIpc) is 3.55. The van der Waals surface area contributed by atoms with E-state index in [1.807, 2.05) is 0 Å². The van der Waals surface area contributed by atoms with Crippen LogP contribution in [0.5, 0.6) is 5.75 Å². The van der Waals surface area contributed by atoms with Crippen LogP contribution in [0.25, 0.3) is 0 Å². The van der Waals surface area contributed by atoms with Crippen molar-refractivity contribution < 1.29 is 31.9 Å². The molecular formula is C22H21ClF4N4O3. The molecule has 3 N–H and O–H groups in total. The lowest BCUT2D eigenvalue weighted by atomic mass is 9.73. The van der Waals surface area contributed by atoms with Crippen molar-refractivity contribution in [3.63, 3.8) is 0 Å². The number of ether oxygens (including phenoxy) is 1. The highest BCUT2D eigenvalue weighted by Gasteiger charge is 2.51. The van der Waals surface area contributed by atoms with Crippen LogP contribution < -0.4 is 15.8 Å². The highest BCUT2D eigenvalue weighted by molar-refractivity contribution is 6.31. The first-order chi connectivity index (χ1) is 15.9. The van der Waals surface area contributed by atoms with Gasteiger partial charge in [-0.25, -0.2) is 9.18 Å². The maximum atomic E-state index is 14.9. The number of carbonyl (C=O) groups excluding carboxylic acids is 2. The SMILES string of the molecule is CC1([C@@H](c2ccc(OC3CC3)c(F)c2)c2cnc(C(F)(F)F)c(Cl)c2)C(=O)NCCN1C(N)=O. The van der Waals surface area contributed by atoms with Crippen molar-refractivity contribution in [1.29, 1.82) is 0 Å². The summed E-state index contributed by atoms with van der Waals surface area (Å²) in [5, 5.41) is 1.95. The second-order valence-electron chi connectivity index (χ2n) is 8.43. The molecule has 182 valence electrons. The fourth-order valence-electron chi connectivity index (χ4n) is 4.26. The summed E-state index contributed by atoms with van der Waals surface area (Å²) < 4.78 is 60.1. The van der Waals surface area contributed by atoms with Crippen molar-refractivity contribution in [3.05, 3.63) is 58.1 Å². The molecule has 0 radical (unpaired) electrons. The van der Waals surface area contributed by atoms with Gasteiger partial charge >= 0.3 is 12.2 Å². The Morgan fingerprint density at radius 3 is 2.59 bits per heavy atom. The highest BCUT2D eigenvalue weighted by Crippen LogP contribution is 2.43. The molecule has 1 saturated heterocycles. The smallest absolute Gasteiger partial charge is 0.434 e. The van der Waals surface area contributed by atoms with Crippen LogP contribution >= 0.6 is 11.6 Å². The van der Waals surface area contributed by atoms with Crippen molar-refractivity contribution in [2.75, 3.05) is 13.1 Å². The number of primary amides is 1. The molecule has 4 rings (SSSR count). The van der Waals surface area contributed by atoms with Gasteiger partial charge in [0.2, 0.25) is 5.91 Å². The summed E-state index contributed by atoms with van der Waals surface area (Å²) in [5.41, 5.74) is 2.79. The first-order valence-corrected chi connectivity index (χ1v) is 10.8. The summed E-state index contributed by atoms with van der Waals surface area (Å²) in [6, 6.07) is 4.10. The number of carbonyl (C=O) groups is 2. The molecule has 12 heteroatoms. The second-order valence-corrected chi connectivity index (χ2v) is 8.84. The summed E-state index contributed by atoms with van der Waals surface area (Å²) in [7, 11) is 0. The van der Waals surface area contributed by atoms with Gasteiger partial charge in [-0.05, 0) is 49.1 Å². The summed E-state index contributed by atoms with van der Waals surface area (Å²) in [5.74, 6) is -2.47. The number of halogens is 5. The molecular weight excluding hydrogens is 480 g/mol. The minimum Gasteiger partial charge on any atom is -0.487 e. The Kier molecular flexibility index (Phi) is 6.09. The zero-order chi connectivity index (χ0) is 24.8. The van der Waals surface area contributed by atoms with Crippen LogP contribution in [0.2, 0.25) is 5.02 Å². The minimum atomic E-state index is -4.80. The third kappa shape index (κ3) is 4.36. The van der Waals surface area contributed by atoms with Crippen LogP contribution in [0.1, 0.15) is 42.5 Å². The van der Waals surface area contributed by atoms with E-state index in [1.165, 1.54) is 19.1 Å². The van der Waals surface area contributed by atoms with Gasteiger partial charge in [0.05, 0.1) is 11.1 Å². The monoisotopic (exact) mass is 500 g/mol. The number of aromatic nitrogens is 1. The van der Waals surface area contributed by atoms with Gasteiger partial charge in [0.25, 0.3) is 0 Å². The fourth-order valence-corrected chi connectivity index (χ4v) is 4.54. The van der Waals surface area contributed by atoms with E-state index in [0.29, 0.717) is 0 Å². The Morgan fingerprint density at radius 1 is 1.32 bits per heavy atom. The Bertz CT molecular complexity index is 1140. The number of pyridine rings is 1. The average molecular weight is 501 g/mol. The number of benzene rings is 1. The number of urea groups is 1. The molecule has 1 aromatic heterocycles. The lowest BCUT2D eigenvalue weighted by Gasteiger charge is -2.47. The normalized spacial score (nSPS) is 21.7. The van der Waals surface area contributed by atoms with Crippen LogP contribution in [0.3, 0.4) is 0 Å². The molecule has 1 aliphatic heterocycles. The number of piperazine rings is 1. The van der Waals surface area contributed by atoms with Crippen molar-refractivity contribution in [3.8, 4) is 5.75 Å². The Hall–Kier alpha value is -3.08. The second kappa shape index (κ2) is 8.61. The Morgan fingerprint density at radius 2 is 2.03 bits per heavy atom. The molecule has 1 aliphatic carbocycles. The molecule has 1 saturated carbocycles. The van der Waals surface area contributed by atoms with E-state index in [0.717, 1.165) is 36.1 Å². The van der Waals surface area contributed by atoms with Crippen LogP contribution in [0, 0.1) is 5.82 Å². The number of rotatable bonds is 5. The molecule has 34 heavy (non-hydrogen) atoms. The number of hydrogen-bond donors (Lipinski definition) is 2. The third-order valence-electron chi connectivity index (χ3n) is 6.04. The lowest BCUT2D eigenvalue weighted by molar-refractivity contribution is -0.141. The molecule has 2 atom stereocenters. The minimum absolute atomic E-state index is 0.0126. The molecule has 2 heterocycles. The number of nitrogens with two attached hydrogens (primary N) is 1. The van der Waals surface area contributed by atoms with Gasteiger partial charge < -0.3 is 20.7 Å². The molecule has 1 unspecified atom stereocenters. The van der Waals surface area contributed by atoms with Gasteiger partial charge in [-0.1, -0.05) is 17.7 Å². The number of hydrogen-bond acceptors (Lipinski definition) is 4. The van der Waals surface area contributed by atoms with Gasteiger partial charge in [-0.3, -0.25) is 9.78 Å². The largest absolute Gasteiger partial charge is 0.487 e. The van der Waals surface area contributed by atoms with Gasteiger partial charge in [0.1, 0.15) is 5.54 Å². The first-order valence-electron chi connectivity index (χ1n) is 10.5. The zero-order valence-electron chi connectivity index (χ0n) is 18.0. The highest BCUT2D eigenvalue weighted by atomic mass is 35.5. The maximum Gasteiger partial charge on any atom is 0.434 e. The summed E-state index contributed by atoms with van der Waals surface area (Å²) in [6.07, 6.45) is -2.33. The van der Waals surface area contributed by atoms with E-state index in [4.69, 9.17) is 22.1 Å². The number of alkyl halides is 3. The molecule has 1 aromatic carbocycles. The Labute approximate surface area is 197 Å². The fraction of sp³-hybridized carbons (Fsp3) is 0.409. The van der Waals surface area contributed by atoms with Crippen LogP contribution in [0.4, 0.5) is 22.4 Å². The van der Waals surface area contributed by atoms with Gasteiger partial charge in [-0.2, -0.15) is 13.2 Å². The van der Waals surface area contributed by atoms with Gasteiger partial charge in [0.15, 0.2) is 17.3 Å². The molecule has 3 amide bonds. The number of nitrogens with one attached hydrogen (secondary N) is 1. The van der Waals surface area contributed by atoms with Gasteiger partial charge in [-0.15, -0.1) is 0 Å². The molecule has 2 aromatic rings. The van der Waals surface area contributed by atoms with Gasteiger partial charge in [0, 0.05) is 25.2 Å². The van der Waals surface area contributed by atoms with Crippen LogP contribution in [-0.2, 0) is 11.0 Å². The van der Waals surface area contributed by atoms with Crippen LogP contribution in [-0.4, -0.2) is 46.6 Å². The van der Waals surface area contributed by atoms with E-state index in [9.17, 15) is 27.2 Å². The number of nitrogens with zero attached hydrogens (tertiary/aromatic N) is 2. The molecule has 7 nitrogen and oxygen atoms in total. The van der Waals surface area contributed by atoms with E-state index >= 15 is 0 Å². The predicted molar refractivity (Wildman–Crippen MR) is 114 cm³/mol. The van der Waals surface area contributed by atoms with E-state index in [2.05, 4.69) is 10.3 Å². The standard InChI is InChI=1S/C22H21ClF4N4O3/c1-21(19(32)29-6-7-31(21)20(28)33)17(12-8-14(23)18(30-10-12)22(25,26)27)11-2-5-16(15(24)9-11)34-13-3-4-13/h2,5,8-10,13,17H,3-4,6-7H2,1H3,(H2,28,33)(H,29,32)/t17-,21?/m0/s1. The molecule has 0 bridgehead atoms. The quantitative estimate of drug-likeness (QED) is 0.610. The molecule has 2 fully saturated rings. The van der Waals surface area contributed by atoms with Crippen molar-refractivity contribution in [2.24, 2.45) is 5.73 Å². The Balaban J connectivity index is 1.88. The van der Waals surface area contributed by atoms with Crippen molar-refractivity contribution in [2.45, 2.75) is 43.5 Å². The zero-order valence-corrected chi connectivity index (χ0v) is 18.7. The van der Waals surface area contributed by atoms with Crippen molar-refractivity contribution >= 4 is 23.5 Å². The summed E-state index contributed by atoms with van der Waals surface area (Å²) >= 11 is 5.90. The first kappa shape index (κ1) is 24.1. The van der Waals surface area contributed by atoms with E-state index in [-0.39, 0.29) is 36.1 Å². The topological polar surface area (TPSA) is 97.6 Å². The number of amides is 3. The predicted octanol–water partition coefficient (Wildman–Crippen LogP) is 3.84. The van der Waals surface area contributed by atoms with Crippen LogP contribution in [0.15, 0.2) is 30.5 Å². The van der Waals surface area contributed by atoms with E-state index in [1.54, 1.807) is 0 Å². The van der Waals surface area contributed by atoms with E-state index < -0.39 is 46.1 Å². The van der Waals surface area contributed by atoms with Crippen molar-refractivity contribution in [1.82, 2.24) is 15.2 Å². The third-order valence-corrected chi connectivity index (χ3v) is 6.33. The maximum absolute atomic E-state index is 14.9.